The number of carbonyl (C=O) groups is 2. The van der Waals surface area contributed by atoms with Crippen molar-refractivity contribution < 1.29 is 9.59 Å². The lowest BCUT2D eigenvalue weighted by Crippen LogP contribution is -2.24. The number of hydrogen-bond donors (Lipinski definition) is 3. The molecule has 0 aliphatic rings. The molecule has 0 heterocycles. The van der Waals surface area contributed by atoms with Crippen molar-refractivity contribution in [1.82, 2.24) is 5.32 Å². The van der Waals surface area contributed by atoms with Crippen LogP contribution in [0.5, 0.6) is 0 Å². The van der Waals surface area contributed by atoms with Crippen LogP contribution in [0, 0.1) is 0 Å². The molecule has 24 heavy (non-hydrogen) atoms. The van der Waals surface area contributed by atoms with Crippen molar-refractivity contribution >= 4 is 23.3 Å². The van der Waals surface area contributed by atoms with Crippen LogP contribution in [0.1, 0.15) is 36.2 Å². The smallest absolute Gasteiger partial charge is 0.323 e. The van der Waals surface area contributed by atoms with Crippen molar-refractivity contribution in [2.24, 2.45) is 0 Å². The van der Waals surface area contributed by atoms with Gasteiger partial charge >= 0.3 is 6.03 Å². The molecule has 2 rings (SSSR count). The van der Waals surface area contributed by atoms with Crippen LogP contribution in [-0.2, 0) is 6.42 Å². The molecule has 0 saturated carbocycles. The van der Waals surface area contributed by atoms with E-state index in [0.29, 0.717) is 17.8 Å². The number of aryl methyl sites for hydroxylation is 1. The number of urea groups is 1. The van der Waals surface area contributed by atoms with Crippen molar-refractivity contribution in [3.05, 3.63) is 59.7 Å². The Balaban J connectivity index is 1.90. The van der Waals surface area contributed by atoms with Gasteiger partial charge < -0.3 is 16.0 Å². The minimum absolute atomic E-state index is 0.108. The summed E-state index contributed by atoms with van der Waals surface area (Å²) < 4.78 is 0. The molecule has 2 aromatic carbocycles. The third-order valence-corrected chi connectivity index (χ3v) is 3.56. The van der Waals surface area contributed by atoms with E-state index in [1.54, 1.807) is 24.3 Å². The van der Waals surface area contributed by atoms with Crippen LogP contribution in [-0.4, -0.2) is 18.5 Å². The Kier molecular flexibility index (Phi) is 6.37. The fraction of sp³-hybridized carbons (Fsp3) is 0.263. The van der Waals surface area contributed by atoms with E-state index in [-0.39, 0.29) is 11.9 Å². The predicted molar refractivity (Wildman–Crippen MR) is 97.5 cm³/mol. The molecule has 0 unspecified atom stereocenters. The maximum atomic E-state index is 12.0. The van der Waals surface area contributed by atoms with Gasteiger partial charge in [0.05, 0.1) is 0 Å². The second-order valence-corrected chi connectivity index (χ2v) is 5.46. The lowest BCUT2D eigenvalue weighted by molar-refractivity contribution is 0.0953. The highest BCUT2D eigenvalue weighted by atomic mass is 16.2. The summed E-state index contributed by atoms with van der Waals surface area (Å²) >= 11 is 0. The molecule has 0 aromatic heterocycles. The first kappa shape index (κ1) is 17.5. The quantitative estimate of drug-likeness (QED) is 0.750. The van der Waals surface area contributed by atoms with E-state index < -0.39 is 0 Å². The highest BCUT2D eigenvalue weighted by molar-refractivity contribution is 6.00. The van der Waals surface area contributed by atoms with Crippen molar-refractivity contribution in [3.63, 3.8) is 0 Å². The summed E-state index contributed by atoms with van der Waals surface area (Å²) in [6, 6.07) is 14.2. The van der Waals surface area contributed by atoms with Gasteiger partial charge in [-0.15, -0.1) is 0 Å². The van der Waals surface area contributed by atoms with Gasteiger partial charge in [0.2, 0.25) is 0 Å². The van der Waals surface area contributed by atoms with E-state index in [4.69, 9.17) is 0 Å². The molecule has 0 aliphatic heterocycles. The molecule has 5 heteroatoms. The first-order valence-electron chi connectivity index (χ1n) is 8.17. The zero-order valence-electron chi connectivity index (χ0n) is 14.1. The number of carbonyl (C=O) groups excluding carboxylic acids is 2. The fourth-order valence-corrected chi connectivity index (χ4v) is 2.16. The molecule has 3 amide bonds. The third kappa shape index (κ3) is 5.12. The molecule has 0 radical (unpaired) electrons. The monoisotopic (exact) mass is 325 g/mol. The summed E-state index contributed by atoms with van der Waals surface area (Å²) in [5.41, 5.74) is 3.16. The van der Waals surface area contributed by atoms with E-state index >= 15 is 0 Å². The molecule has 5 nitrogen and oxygen atoms in total. The highest BCUT2D eigenvalue weighted by Gasteiger charge is 2.06. The first-order chi connectivity index (χ1) is 11.6. The molecular formula is C19H23N3O2. The second kappa shape index (κ2) is 8.72. The van der Waals surface area contributed by atoms with Gasteiger partial charge in [-0.05, 0) is 54.8 Å². The Bertz CT molecular complexity index is 679. The molecule has 0 fully saturated rings. The maximum absolute atomic E-state index is 12.0. The molecule has 2 aromatic rings. The Labute approximate surface area is 142 Å². The normalized spacial score (nSPS) is 10.1. The maximum Gasteiger partial charge on any atom is 0.323 e. The van der Waals surface area contributed by atoms with Crippen LogP contribution >= 0.6 is 0 Å². The molecule has 0 saturated heterocycles. The van der Waals surface area contributed by atoms with E-state index in [1.807, 2.05) is 31.2 Å². The molecule has 0 bridgehead atoms. The van der Waals surface area contributed by atoms with E-state index in [2.05, 4.69) is 22.9 Å². The van der Waals surface area contributed by atoms with E-state index in [0.717, 1.165) is 18.5 Å². The summed E-state index contributed by atoms with van der Waals surface area (Å²) in [6.45, 7) is 4.74. The number of rotatable bonds is 6. The highest BCUT2D eigenvalue weighted by Crippen LogP contribution is 2.13. The van der Waals surface area contributed by atoms with Crippen molar-refractivity contribution in [3.8, 4) is 0 Å². The van der Waals surface area contributed by atoms with Gasteiger partial charge in [-0.3, -0.25) is 4.79 Å². The topological polar surface area (TPSA) is 70.2 Å². The minimum atomic E-state index is -0.317. The van der Waals surface area contributed by atoms with Gasteiger partial charge in [0, 0.05) is 23.5 Å². The van der Waals surface area contributed by atoms with Gasteiger partial charge in [0.1, 0.15) is 0 Å². The number of anilines is 2. The molecule has 0 aliphatic carbocycles. The predicted octanol–water partition coefficient (Wildman–Crippen LogP) is 4.03. The van der Waals surface area contributed by atoms with Gasteiger partial charge in [-0.25, -0.2) is 4.79 Å². The Hall–Kier alpha value is -2.82. The van der Waals surface area contributed by atoms with Gasteiger partial charge in [-0.2, -0.15) is 0 Å². The van der Waals surface area contributed by atoms with Crippen molar-refractivity contribution in [1.29, 1.82) is 0 Å². The van der Waals surface area contributed by atoms with Gasteiger partial charge in [0.25, 0.3) is 5.91 Å². The van der Waals surface area contributed by atoms with Gasteiger partial charge in [-0.1, -0.05) is 26.0 Å². The zero-order valence-corrected chi connectivity index (χ0v) is 14.1. The SMILES string of the molecule is CCCNC(=O)c1ccc(NC(=O)Nc2ccc(CC)cc2)cc1. The minimum Gasteiger partial charge on any atom is -0.352 e. The summed E-state index contributed by atoms with van der Waals surface area (Å²) in [4.78, 5) is 23.8. The number of benzene rings is 2. The van der Waals surface area contributed by atoms with Crippen LogP contribution in [0.3, 0.4) is 0 Å². The fourth-order valence-electron chi connectivity index (χ4n) is 2.16. The van der Waals surface area contributed by atoms with Crippen molar-refractivity contribution in [2.45, 2.75) is 26.7 Å². The molecule has 0 atom stereocenters. The van der Waals surface area contributed by atoms with E-state index in [9.17, 15) is 9.59 Å². The molecular weight excluding hydrogens is 302 g/mol. The average molecular weight is 325 g/mol. The van der Waals surface area contributed by atoms with Crippen LogP contribution in [0.4, 0.5) is 16.2 Å². The zero-order chi connectivity index (χ0) is 17.4. The first-order valence-corrected chi connectivity index (χ1v) is 8.17. The Morgan fingerprint density at radius 2 is 1.38 bits per heavy atom. The largest absolute Gasteiger partial charge is 0.352 e. The van der Waals surface area contributed by atoms with Crippen LogP contribution < -0.4 is 16.0 Å². The lowest BCUT2D eigenvalue weighted by atomic mass is 10.1. The van der Waals surface area contributed by atoms with Gasteiger partial charge in [0.15, 0.2) is 0 Å². The van der Waals surface area contributed by atoms with Crippen LogP contribution in [0.25, 0.3) is 0 Å². The standard InChI is InChI=1S/C19H23N3O2/c1-3-13-20-18(23)15-7-11-17(12-8-15)22-19(24)21-16-9-5-14(4-2)6-10-16/h5-12H,3-4,13H2,1-2H3,(H,20,23)(H2,21,22,24). The third-order valence-electron chi connectivity index (χ3n) is 3.56. The Morgan fingerprint density at radius 3 is 1.88 bits per heavy atom. The number of hydrogen-bond acceptors (Lipinski definition) is 2. The molecule has 126 valence electrons. The Morgan fingerprint density at radius 1 is 0.833 bits per heavy atom. The summed E-state index contributed by atoms with van der Waals surface area (Å²) in [6.07, 6.45) is 1.86. The number of nitrogens with one attached hydrogen (secondary N) is 3. The summed E-state index contributed by atoms with van der Waals surface area (Å²) in [5.74, 6) is -0.108. The van der Waals surface area contributed by atoms with Crippen molar-refractivity contribution in [2.75, 3.05) is 17.2 Å². The average Bonchev–Trinajstić information content (AvgIpc) is 2.61. The second-order valence-electron chi connectivity index (χ2n) is 5.46. The summed E-state index contributed by atoms with van der Waals surface area (Å²) in [7, 11) is 0. The number of amides is 3. The molecule has 3 N–H and O–H groups in total. The van der Waals surface area contributed by atoms with Crippen LogP contribution in [0.15, 0.2) is 48.5 Å². The van der Waals surface area contributed by atoms with Crippen LogP contribution in [0.2, 0.25) is 0 Å². The summed E-state index contributed by atoms with van der Waals surface area (Å²) in [5, 5.41) is 8.34. The lowest BCUT2D eigenvalue weighted by Gasteiger charge is -2.09. The van der Waals surface area contributed by atoms with E-state index in [1.165, 1.54) is 5.56 Å². The molecule has 0 spiro atoms.